The van der Waals surface area contributed by atoms with E-state index in [1.165, 1.54) is 6.33 Å². The Morgan fingerprint density at radius 3 is 2.24 bits per heavy atom. The molecular formula is C23H21N3O3. The van der Waals surface area contributed by atoms with Gasteiger partial charge in [0.1, 0.15) is 18.2 Å². The molecule has 1 unspecified atom stereocenters. The van der Waals surface area contributed by atoms with Crippen molar-refractivity contribution < 1.29 is 14.6 Å². The second-order valence-corrected chi connectivity index (χ2v) is 6.45. The first kappa shape index (κ1) is 18.7. The minimum atomic E-state index is -0.941. The van der Waals surface area contributed by atoms with Crippen LogP contribution in [0.25, 0.3) is 10.9 Å². The zero-order valence-electron chi connectivity index (χ0n) is 16.2. The molecule has 146 valence electrons. The van der Waals surface area contributed by atoms with Crippen LogP contribution in [0, 0.1) is 0 Å². The first-order valence-corrected chi connectivity index (χ1v) is 9.17. The van der Waals surface area contributed by atoms with Gasteiger partial charge in [0.15, 0.2) is 11.5 Å². The van der Waals surface area contributed by atoms with Crippen LogP contribution in [-0.4, -0.2) is 29.3 Å². The molecule has 6 nitrogen and oxygen atoms in total. The number of nitrogens with one attached hydrogen (secondary N) is 1. The fourth-order valence-electron chi connectivity index (χ4n) is 3.36. The van der Waals surface area contributed by atoms with Gasteiger partial charge in [-0.2, -0.15) is 0 Å². The summed E-state index contributed by atoms with van der Waals surface area (Å²) in [4.78, 5) is 8.87. The largest absolute Gasteiger partial charge is 0.493 e. The summed E-state index contributed by atoms with van der Waals surface area (Å²) in [6.07, 6.45) is 0.531. The second-order valence-electron chi connectivity index (χ2n) is 6.45. The summed E-state index contributed by atoms with van der Waals surface area (Å²) in [6.45, 7) is 0. The van der Waals surface area contributed by atoms with Crippen molar-refractivity contribution in [1.82, 2.24) is 9.97 Å². The SMILES string of the molecule is COc1cc2c(Nc3ccccc3)ncnc2c(C(O)c2ccccc2)c1OC. The minimum absolute atomic E-state index is 0.445. The van der Waals surface area contributed by atoms with Gasteiger partial charge in [0, 0.05) is 11.1 Å². The van der Waals surface area contributed by atoms with E-state index in [-0.39, 0.29) is 0 Å². The van der Waals surface area contributed by atoms with E-state index < -0.39 is 6.10 Å². The van der Waals surface area contributed by atoms with Gasteiger partial charge in [0.25, 0.3) is 0 Å². The van der Waals surface area contributed by atoms with Gasteiger partial charge in [-0.25, -0.2) is 9.97 Å². The van der Waals surface area contributed by atoms with Gasteiger partial charge in [-0.15, -0.1) is 0 Å². The highest BCUT2D eigenvalue weighted by Crippen LogP contribution is 2.43. The average molecular weight is 387 g/mol. The third-order valence-corrected chi connectivity index (χ3v) is 4.73. The minimum Gasteiger partial charge on any atom is -0.493 e. The highest BCUT2D eigenvalue weighted by Gasteiger charge is 2.25. The Kier molecular flexibility index (Phi) is 5.27. The molecule has 4 rings (SSSR count). The van der Waals surface area contributed by atoms with Crippen LogP contribution in [0.4, 0.5) is 11.5 Å². The molecule has 0 radical (unpaired) electrons. The maximum atomic E-state index is 11.2. The molecule has 3 aromatic carbocycles. The standard InChI is InChI=1S/C23H21N3O3/c1-28-18-13-17-20(24-14-25-23(17)26-16-11-7-4-8-12-16)19(22(18)29-2)21(27)15-9-5-3-6-10-15/h3-14,21,27H,1-2H3,(H,24,25,26). The van der Waals surface area contributed by atoms with E-state index >= 15 is 0 Å². The lowest BCUT2D eigenvalue weighted by Gasteiger charge is -2.20. The van der Waals surface area contributed by atoms with Crippen molar-refractivity contribution in [3.8, 4) is 11.5 Å². The van der Waals surface area contributed by atoms with E-state index in [4.69, 9.17) is 9.47 Å². The van der Waals surface area contributed by atoms with Crippen LogP contribution < -0.4 is 14.8 Å². The highest BCUT2D eigenvalue weighted by molar-refractivity contribution is 5.96. The Morgan fingerprint density at radius 1 is 0.897 bits per heavy atom. The molecule has 6 heteroatoms. The number of aliphatic hydroxyl groups excluding tert-OH is 1. The van der Waals surface area contributed by atoms with Crippen LogP contribution in [0.3, 0.4) is 0 Å². The van der Waals surface area contributed by atoms with Crippen molar-refractivity contribution in [3.05, 3.63) is 84.2 Å². The molecule has 0 bridgehead atoms. The van der Waals surface area contributed by atoms with Crippen LogP contribution in [-0.2, 0) is 0 Å². The molecule has 4 aromatic rings. The molecule has 0 saturated carbocycles. The van der Waals surface area contributed by atoms with Gasteiger partial charge >= 0.3 is 0 Å². The number of aliphatic hydroxyl groups is 1. The predicted octanol–water partition coefficient (Wildman–Crippen LogP) is 4.47. The number of ether oxygens (including phenoxy) is 2. The molecule has 0 spiro atoms. The van der Waals surface area contributed by atoms with Crippen molar-refractivity contribution in [3.63, 3.8) is 0 Å². The van der Waals surface area contributed by atoms with E-state index in [9.17, 15) is 5.11 Å². The smallest absolute Gasteiger partial charge is 0.169 e. The number of benzene rings is 3. The van der Waals surface area contributed by atoms with Crippen LogP contribution in [0.15, 0.2) is 73.1 Å². The molecule has 0 fully saturated rings. The highest BCUT2D eigenvalue weighted by atomic mass is 16.5. The number of para-hydroxylation sites is 1. The van der Waals surface area contributed by atoms with Crippen molar-refractivity contribution in [1.29, 1.82) is 0 Å². The number of hydrogen-bond donors (Lipinski definition) is 2. The van der Waals surface area contributed by atoms with Gasteiger partial charge < -0.3 is 19.9 Å². The zero-order chi connectivity index (χ0) is 20.2. The topological polar surface area (TPSA) is 76.5 Å². The Bertz CT molecular complexity index is 1120. The Labute approximate surface area is 168 Å². The number of rotatable bonds is 6. The average Bonchev–Trinajstić information content (AvgIpc) is 2.78. The first-order chi connectivity index (χ1) is 14.2. The van der Waals surface area contributed by atoms with Gasteiger partial charge in [-0.3, -0.25) is 0 Å². The lowest BCUT2D eigenvalue weighted by molar-refractivity contribution is 0.214. The Morgan fingerprint density at radius 2 is 1.59 bits per heavy atom. The quantitative estimate of drug-likeness (QED) is 0.508. The van der Waals surface area contributed by atoms with E-state index in [0.29, 0.717) is 28.4 Å². The number of methoxy groups -OCH3 is 2. The molecule has 29 heavy (non-hydrogen) atoms. The molecule has 1 heterocycles. The summed E-state index contributed by atoms with van der Waals surface area (Å²) in [5, 5.41) is 15.2. The number of nitrogens with zero attached hydrogens (tertiary/aromatic N) is 2. The van der Waals surface area contributed by atoms with Crippen LogP contribution in [0.2, 0.25) is 0 Å². The first-order valence-electron chi connectivity index (χ1n) is 9.17. The van der Waals surface area contributed by atoms with Crippen molar-refractivity contribution in [2.45, 2.75) is 6.10 Å². The monoisotopic (exact) mass is 387 g/mol. The van der Waals surface area contributed by atoms with Crippen LogP contribution in [0.5, 0.6) is 11.5 Å². The van der Waals surface area contributed by atoms with Gasteiger partial charge in [-0.05, 0) is 23.8 Å². The van der Waals surface area contributed by atoms with Gasteiger partial charge in [-0.1, -0.05) is 48.5 Å². The van der Waals surface area contributed by atoms with E-state index in [1.807, 2.05) is 66.7 Å². The van der Waals surface area contributed by atoms with Crippen LogP contribution in [0.1, 0.15) is 17.2 Å². The van der Waals surface area contributed by atoms with Gasteiger partial charge in [0.2, 0.25) is 0 Å². The Hall–Kier alpha value is -3.64. The van der Waals surface area contributed by atoms with Crippen molar-refractivity contribution >= 4 is 22.4 Å². The third-order valence-electron chi connectivity index (χ3n) is 4.73. The lowest BCUT2D eigenvalue weighted by Crippen LogP contribution is -2.07. The number of anilines is 2. The molecule has 0 amide bonds. The fraction of sp³-hybridized carbons (Fsp3) is 0.130. The van der Waals surface area contributed by atoms with Crippen molar-refractivity contribution in [2.24, 2.45) is 0 Å². The normalized spacial score (nSPS) is 11.8. The molecule has 0 aliphatic heterocycles. The molecule has 0 aliphatic rings. The zero-order valence-corrected chi connectivity index (χ0v) is 16.2. The molecule has 0 aliphatic carbocycles. The number of hydrogen-bond acceptors (Lipinski definition) is 6. The maximum absolute atomic E-state index is 11.2. The fourth-order valence-corrected chi connectivity index (χ4v) is 3.36. The summed E-state index contributed by atoms with van der Waals surface area (Å²) in [5.74, 6) is 1.56. The molecular weight excluding hydrogens is 366 g/mol. The van der Waals surface area contributed by atoms with Crippen LogP contribution >= 0.6 is 0 Å². The molecule has 1 atom stereocenters. The predicted molar refractivity (Wildman–Crippen MR) is 113 cm³/mol. The molecule has 0 saturated heterocycles. The van der Waals surface area contributed by atoms with E-state index in [2.05, 4.69) is 15.3 Å². The summed E-state index contributed by atoms with van der Waals surface area (Å²) >= 11 is 0. The summed E-state index contributed by atoms with van der Waals surface area (Å²) in [6, 6.07) is 20.9. The maximum Gasteiger partial charge on any atom is 0.169 e. The summed E-state index contributed by atoms with van der Waals surface area (Å²) in [7, 11) is 3.12. The number of fused-ring (bicyclic) bond motifs is 1. The Balaban J connectivity index is 1.94. The van der Waals surface area contributed by atoms with E-state index in [1.54, 1.807) is 14.2 Å². The van der Waals surface area contributed by atoms with Crippen molar-refractivity contribution in [2.75, 3.05) is 19.5 Å². The second kappa shape index (κ2) is 8.16. The molecule has 1 aromatic heterocycles. The lowest BCUT2D eigenvalue weighted by atomic mass is 9.97. The molecule has 2 N–H and O–H groups in total. The third kappa shape index (κ3) is 3.58. The summed E-state index contributed by atoms with van der Waals surface area (Å²) in [5.41, 5.74) is 2.75. The van der Waals surface area contributed by atoms with Gasteiger partial charge in [0.05, 0.1) is 25.3 Å². The number of aromatic nitrogens is 2. The van der Waals surface area contributed by atoms with E-state index in [0.717, 1.165) is 16.6 Å². The summed E-state index contributed by atoms with van der Waals surface area (Å²) < 4.78 is 11.2.